The summed E-state index contributed by atoms with van der Waals surface area (Å²) in [5, 5.41) is 15.2. The molecule has 1 aromatic heterocycles. The van der Waals surface area contributed by atoms with Crippen molar-refractivity contribution >= 4 is 10.0 Å². The van der Waals surface area contributed by atoms with Crippen LogP contribution in [0.3, 0.4) is 0 Å². The van der Waals surface area contributed by atoms with Crippen molar-refractivity contribution in [3.05, 3.63) is 47.8 Å². The number of hydrogen-bond acceptors (Lipinski definition) is 4. The largest absolute Gasteiger partial charge is 0.285 e. The molecule has 0 saturated carbocycles. The van der Waals surface area contributed by atoms with E-state index in [0.717, 1.165) is 5.56 Å². The Bertz CT molecular complexity index is 702. The fourth-order valence-electron chi connectivity index (χ4n) is 1.61. The Hall–Kier alpha value is -2.17. The summed E-state index contributed by atoms with van der Waals surface area (Å²) in [7, 11) is -2.12. The molecule has 0 saturated heterocycles. The minimum Gasteiger partial charge on any atom is -0.285 e. The van der Waals surface area contributed by atoms with Gasteiger partial charge >= 0.3 is 0 Å². The molecule has 1 aromatic carbocycles. The van der Waals surface area contributed by atoms with Crippen molar-refractivity contribution in [1.82, 2.24) is 14.5 Å². The number of nitrogens with zero attached hydrogens (tertiary/aromatic N) is 3. The van der Waals surface area contributed by atoms with Crippen LogP contribution in [0, 0.1) is 11.3 Å². The van der Waals surface area contributed by atoms with Crippen LogP contribution in [0.5, 0.6) is 0 Å². The second-order valence-electron chi connectivity index (χ2n) is 4.01. The number of H-pyrrole nitrogens is 1. The molecule has 0 bridgehead atoms. The zero-order valence-corrected chi connectivity index (χ0v) is 11.1. The lowest BCUT2D eigenvalue weighted by Crippen LogP contribution is -2.26. The van der Waals surface area contributed by atoms with Gasteiger partial charge in [-0.3, -0.25) is 5.10 Å². The number of nitriles is 1. The second kappa shape index (κ2) is 5.22. The highest BCUT2D eigenvalue weighted by Crippen LogP contribution is 2.17. The molecule has 2 aromatic rings. The maximum absolute atomic E-state index is 12.3. The van der Waals surface area contributed by atoms with E-state index in [1.165, 1.54) is 23.5 Å². The van der Waals surface area contributed by atoms with Gasteiger partial charge in [-0.25, -0.2) is 8.42 Å². The van der Waals surface area contributed by atoms with Gasteiger partial charge in [0.05, 0.1) is 22.7 Å². The lowest BCUT2D eigenvalue weighted by molar-refractivity contribution is 0.467. The van der Waals surface area contributed by atoms with Crippen molar-refractivity contribution in [2.75, 3.05) is 7.05 Å². The molecule has 0 aliphatic heterocycles. The van der Waals surface area contributed by atoms with Crippen molar-refractivity contribution in [3.8, 4) is 6.07 Å². The van der Waals surface area contributed by atoms with Crippen LogP contribution in [0.15, 0.2) is 41.6 Å². The number of sulfonamides is 1. The maximum Gasteiger partial charge on any atom is 0.243 e. The van der Waals surface area contributed by atoms with E-state index >= 15 is 0 Å². The molecule has 1 N–H and O–H groups in total. The van der Waals surface area contributed by atoms with Crippen LogP contribution in [0.2, 0.25) is 0 Å². The summed E-state index contributed by atoms with van der Waals surface area (Å²) in [6.07, 6.45) is 3.20. The molecule has 0 amide bonds. The highest BCUT2D eigenvalue weighted by atomic mass is 32.2. The molecule has 0 atom stereocenters. The predicted octanol–water partition coefficient (Wildman–Crippen LogP) is 1.10. The molecular weight excluding hydrogens is 264 g/mol. The lowest BCUT2D eigenvalue weighted by Gasteiger charge is -2.16. The Balaban J connectivity index is 2.28. The minimum absolute atomic E-state index is 0.109. The van der Waals surface area contributed by atoms with Gasteiger partial charge < -0.3 is 0 Å². The van der Waals surface area contributed by atoms with Gasteiger partial charge in [0.1, 0.15) is 0 Å². The number of aromatic amines is 1. The number of nitrogens with one attached hydrogen (secondary N) is 1. The third kappa shape index (κ3) is 2.81. The third-order valence-corrected chi connectivity index (χ3v) is 4.43. The zero-order valence-electron chi connectivity index (χ0n) is 10.2. The van der Waals surface area contributed by atoms with Crippen LogP contribution >= 0.6 is 0 Å². The summed E-state index contributed by atoms with van der Waals surface area (Å²) in [4.78, 5) is 0.109. The van der Waals surface area contributed by atoms with Crippen LogP contribution in [-0.4, -0.2) is 30.0 Å². The molecule has 0 spiro atoms. The van der Waals surface area contributed by atoms with Gasteiger partial charge in [0, 0.05) is 25.4 Å². The smallest absolute Gasteiger partial charge is 0.243 e. The van der Waals surface area contributed by atoms with Crippen LogP contribution < -0.4 is 0 Å². The normalized spacial score (nSPS) is 11.4. The minimum atomic E-state index is -3.61. The van der Waals surface area contributed by atoms with E-state index in [4.69, 9.17) is 5.26 Å². The first-order chi connectivity index (χ1) is 9.04. The van der Waals surface area contributed by atoms with Crippen molar-refractivity contribution in [2.45, 2.75) is 11.4 Å². The Kier molecular flexibility index (Phi) is 3.64. The van der Waals surface area contributed by atoms with E-state index in [1.54, 1.807) is 24.5 Å². The van der Waals surface area contributed by atoms with Crippen molar-refractivity contribution in [2.24, 2.45) is 0 Å². The zero-order chi connectivity index (χ0) is 13.9. The van der Waals surface area contributed by atoms with E-state index < -0.39 is 10.0 Å². The van der Waals surface area contributed by atoms with Gasteiger partial charge in [0.2, 0.25) is 10.0 Å². The number of benzene rings is 1. The SMILES string of the molecule is CN(Cc1cn[nH]c1)S(=O)(=O)c1cccc(C#N)c1. The van der Waals surface area contributed by atoms with Gasteiger partial charge in [-0.1, -0.05) is 6.07 Å². The molecule has 0 fully saturated rings. The molecule has 0 aliphatic rings. The monoisotopic (exact) mass is 276 g/mol. The van der Waals surface area contributed by atoms with Crippen LogP contribution in [-0.2, 0) is 16.6 Å². The number of aromatic nitrogens is 2. The molecule has 1 heterocycles. The molecule has 0 unspecified atom stereocenters. The second-order valence-corrected chi connectivity index (χ2v) is 6.05. The van der Waals surface area contributed by atoms with Crippen LogP contribution in [0.1, 0.15) is 11.1 Å². The van der Waals surface area contributed by atoms with Crippen LogP contribution in [0.25, 0.3) is 0 Å². The number of rotatable bonds is 4. The first kappa shape index (κ1) is 13.3. The first-order valence-corrected chi connectivity index (χ1v) is 6.92. The van der Waals surface area contributed by atoms with E-state index in [9.17, 15) is 8.42 Å². The van der Waals surface area contributed by atoms with Crippen molar-refractivity contribution < 1.29 is 8.42 Å². The number of hydrogen-bond donors (Lipinski definition) is 1. The fraction of sp³-hybridized carbons (Fsp3) is 0.167. The summed E-state index contributed by atoms with van der Waals surface area (Å²) in [6.45, 7) is 0.218. The van der Waals surface area contributed by atoms with Gasteiger partial charge in [0.25, 0.3) is 0 Å². The van der Waals surface area contributed by atoms with E-state index in [2.05, 4.69) is 10.2 Å². The maximum atomic E-state index is 12.3. The molecule has 19 heavy (non-hydrogen) atoms. The summed E-state index contributed by atoms with van der Waals surface area (Å²) in [5.41, 5.74) is 1.08. The van der Waals surface area contributed by atoms with E-state index in [-0.39, 0.29) is 11.4 Å². The van der Waals surface area contributed by atoms with Crippen molar-refractivity contribution in [1.29, 1.82) is 5.26 Å². The molecule has 6 nitrogen and oxygen atoms in total. The summed E-state index contributed by atoms with van der Waals surface area (Å²) < 4.78 is 25.8. The lowest BCUT2D eigenvalue weighted by atomic mass is 10.2. The molecule has 2 rings (SSSR count). The highest BCUT2D eigenvalue weighted by Gasteiger charge is 2.21. The van der Waals surface area contributed by atoms with Crippen LogP contribution in [0.4, 0.5) is 0 Å². The quantitative estimate of drug-likeness (QED) is 0.905. The Morgan fingerprint density at radius 1 is 1.47 bits per heavy atom. The predicted molar refractivity (Wildman–Crippen MR) is 68.4 cm³/mol. The average molecular weight is 276 g/mol. The van der Waals surface area contributed by atoms with Gasteiger partial charge in [-0.05, 0) is 18.2 Å². The molecule has 0 radical (unpaired) electrons. The average Bonchev–Trinajstić information content (AvgIpc) is 2.91. The fourth-order valence-corrected chi connectivity index (χ4v) is 2.82. The summed E-state index contributed by atoms with van der Waals surface area (Å²) >= 11 is 0. The standard InChI is InChI=1S/C12H12N4O2S/c1-16(9-11-7-14-15-8-11)19(17,18)12-4-2-3-10(5-12)6-13/h2-5,7-8H,9H2,1H3,(H,14,15). The Morgan fingerprint density at radius 2 is 2.26 bits per heavy atom. The summed E-state index contributed by atoms with van der Waals surface area (Å²) in [5.74, 6) is 0. The highest BCUT2D eigenvalue weighted by molar-refractivity contribution is 7.89. The third-order valence-electron chi connectivity index (χ3n) is 2.63. The first-order valence-electron chi connectivity index (χ1n) is 5.48. The van der Waals surface area contributed by atoms with Crippen molar-refractivity contribution in [3.63, 3.8) is 0 Å². The van der Waals surface area contributed by atoms with E-state index in [1.807, 2.05) is 6.07 Å². The van der Waals surface area contributed by atoms with Gasteiger partial charge in [0.15, 0.2) is 0 Å². The van der Waals surface area contributed by atoms with Gasteiger partial charge in [-0.2, -0.15) is 14.7 Å². The Morgan fingerprint density at radius 3 is 2.89 bits per heavy atom. The molecule has 98 valence electrons. The van der Waals surface area contributed by atoms with E-state index in [0.29, 0.717) is 5.56 Å². The topological polar surface area (TPSA) is 89.8 Å². The summed E-state index contributed by atoms with van der Waals surface area (Å²) in [6, 6.07) is 7.88. The van der Waals surface area contributed by atoms with Gasteiger partial charge in [-0.15, -0.1) is 0 Å². The molecule has 7 heteroatoms. The molecular formula is C12H12N4O2S. The Labute approximate surface area is 111 Å². The molecule has 0 aliphatic carbocycles.